The maximum atomic E-state index is 12.7. The lowest BCUT2D eigenvalue weighted by atomic mass is 10.1. The average molecular weight is 356 g/mol. The summed E-state index contributed by atoms with van der Waals surface area (Å²) >= 11 is 6.17. The maximum absolute atomic E-state index is 12.7. The van der Waals surface area contributed by atoms with Gasteiger partial charge in [0.2, 0.25) is 0 Å². The van der Waals surface area contributed by atoms with Gasteiger partial charge in [0.15, 0.2) is 0 Å². The van der Waals surface area contributed by atoms with Gasteiger partial charge < -0.3 is 4.74 Å². The zero-order valence-corrected chi connectivity index (χ0v) is 14.6. The summed E-state index contributed by atoms with van der Waals surface area (Å²) in [5.74, 6) is -0.0812. The number of benzene rings is 2. The van der Waals surface area contributed by atoms with Gasteiger partial charge in [0.25, 0.3) is 11.8 Å². The number of imide groups is 1. The zero-order valence-electron chi connectivity index (χ0n) is 13.9. The highest BCUT2D eigenvalue weighted by Gasteiger charge is 2.37. The molecule has 0 saturated carbocycles. The fourth-order valence-electron chi connectivity index (χ4n) is 2.77. The molecule has 5 heteroatoms. The van der Waals surface area contributed by atoms with E-state index in [9.17, 15) is 9.59 Å². The van der Waals surface area contributed by atoms with Gasteiger partial charge in [-0.3, -0.25) is 14.5 Å². The van der Waals surface area contributed by atoms with E-state index in [2.05, 4.69) is 0 Å². The Kier molecular flexibility index (Phi) is 5.19. The van der Waals surface area contributed by atoms with Crippen molar-refractivity contribution in [1.82, 2.24) is 4.90 Å². The number of ether oxygens (including phenoxy) is 1. The van der Waals surface area contributed by atoms with Crippen molar-refractivity contribution < 1.29 is 14.3 Å². The average Bonchev–Trinajstić information content (AvgIpc) is 2.84. The normalized spacial score (nSPS) is 14.4. The Morgan fingerprint density at radius 3 is 2.28 bits per heavy atom. The number of carbonyl (C=O) groups is 2. The third-order valence-electron chi connectivity index (χ3n) is 4.03. The molecule has 2 aromatic carbocycles. The summed E-state index contributed by atoms with van der Waals surface area (Å²) in [6.45, 7) is 2.77. The molecule has 25 heavy (non-hydrogen) atoms. The summed E-state index contributed by atoms with van der Waals surface area (Å²) in [5, 5.41) is -0.0257. The van der Waals surface area contributed by atoms with E-state index in [1.165, 1.54) is 4.90 Å². The van der Waals surface area contributed by atoms with Crippen LogP contribution in [0.2, 0.25) is 0 Å². The summed E-state index contributed by atoms with van der Waals surface area (Å²) in [5.41, 5.74) is 1.94. The lowest BCUT2D eigenvalue weighted by molar-refractivity contribution is -0.136. The van der Waals surface area contributed by atoms with Crippen LogP contribution in [0.25, 0.3) is 5.57 Å². The van der Waals surface area contributed by atoms with Crippen LogP contribution in [0.4, 0.5) is 0 Å². The van der Waals surface area contributed by atoms with Gasteiger partial charge in [-0.15, -0.1) is 0 Å². The highest BCUT2D eigenvalue weighted by atomic mass is 35.5. The second kappa shape index (κ2) is 7.53. The van der Waals surface area contributed by atoms with Crippen molar-refractivity contribution in [2.45, 2.75) is 13.3 Å². The van der Waals surface area contributed by atoms with Crippen molar-refractivity contribution in [3.63, 3.8) is 0 Å². The van der Waals surface area contributed by atoms with Gasteiger partial charge in [0.05, 0.1) is 12.2 Å². The first-order valence-corrected chi connectivity index (χ1v) is 8.52. The number of hydrogen-bond acceptors (Lipinski definition) is 3. The Hall–Kier alpha value is -2.59. The molecule has 0 spiro atoms. The van der Waals surface area contributed by atoms with E-state index in [0.29, 0.717) is 30.9 Å². The second-order valence-electron chi connectivity index (χ2n) is 5.64. The minimum Gasteiger partial charge on any atom is -0.494 e. The molecule has 0 unspecified atom stereocenters. The van der Waals surface area contributed by atoms with Gasteiger partial charge in [-0.1, -0.05) is 54.1 Å². The number of hydrogen-bond donors (Lipinski definition) is 0. The van der Waals surface area contributed by atoms with Crippen molar-refractivity contribution >= 4 is 29.0 Å². The van der Waals surface area contributed by atoms with Crippen LogP contribution in [0.5, 0.6) is 5.75 Å². The second-order valence-corrected chi connectivity index (χ2v) is 6.02. The maximum Gasteiger partial charge on any atom is 0.273 e. The number of nitrogens with zero attached hydrogens (tertiary/aromatic N) is 1. The molecule has 0 aromatic heterocycles. The van der Waals surface area contributed by atoms with Crippen molar-refractivity contribution in [3.05, 3.63) is 70.8 Å². The molecule has 0 fully saturated rings. The van der Waals surface area contributed by atoms with Gasteiger partial charge in [-0.05, 0) is 36.6 Å². The van der Waals surface area contributed by atoms with E-state index >= 15 is 0 Å². The number of halogens is 1. The molecule has 1 heterocycles. The predicted octanol–water partition coefficient (Wildman–Crippen LogP) is 3.65. The lowest BCUT2D eigenvalue weighted by Crippen LogP contribution is -2.33. The highest BCUT2D eigenvalue weighted by Crippen LogP contribution is 2.32. The molecule has 0 N–H and O–H groups in total. The van der Waals surface area contributed by atoms with Crippen molar-refractivity contribution in [3.8, 4) is 5.75 Å². The molecule has 0 atom stereocenters. The van der Waals surface area contributed by atoms with Crippen LogP contribution in [-0.2, 0) is 16.0 Å². The van der Waals surface area contributed by atoms with Crippen LogP contribution < -0.4 is 4.74 Å². The van der Waals surface area contributed by atoms with Gasteiger partial charge >= 0.3 is 0 Å². The summed E-state index contributed by atoms with van der Waals surface area (Å²) in [7, 11) is 0. The van der Waals surface area contributed by atoms with E-state index in [4.69, 9.17) is 16.3 Å². The first kappa shape index (κ1) is 17.2. The minimum absolute atomic E-state index is 0.0257. The minimum atomic E-state index is -0.438. The number of amides is 2. The fraction of sp³-hybridized carbons (Fsp3) is 0.200. The van der Waals surface area contributed by atoms with Crippen LogP contribution in [0, 0.1) is 0 Å². The molecule has 1 aliphatic rings. The summed E-state index contributed by atoms with van der Waals surface area (Å²) in [6.07, 6.45) is 0.596. The molecule has 2 aromatic rings. The van der Waals surface area contributed by atoms with Crippen LogP contribution in [0.3, 0.4) is 0 Å². The summed E-state index contributed by atoms with van der Waals surface area (Å²) in [6, 6.07) is 16.7. The SMILES string of the molecule is CCOc1ccc(C2=C(Cl)C(=O)N(CCc3ccccc3)C2=O)cc1. The van der Waals surface area contributed by atoms with E-state index in [-0.39, 0.29) is 16.5 Å². The Bertz CT molecular complexity index is 813. The van der Waals surface area contributed by atoms with Gasteiger partial charge in [0.1, 0.15) is 10.8 Å². The Morgan fingerprint density at radius 1 is 0.960 bits per heavy atom. The smallest absolute Gasteiger partial charge is 0.273 e. The third-order valence-corrected chi connectivity index (χ3v) is 4.38. The number of rotatable bonds is 6. The van der Waals surface area contributed by atoms with E-state index in [1.54, 1.807) is 24.3 Å². The van der Waals surface area contributed by atoms with Gasteiger partial charge in [-0.25, -0.2) is 0 Å². The molecule has 4 nitrogen and oxygen atoms in total. The van der Waals surface area contributed by atoms with Crippen molar-refractivity contribution in [2.75, 3.05) is 13.2 Å². The molecule has 128 valence electrons. The van der Waals surface area contributed by atoms with E-state index in [1.807, 2.05) is 37.3 Å². The highest BCUT2D eigenvalue weighted by molar-refractivity contribution is 6.55. The van der Waals surface area contributed by atoms with Crippen LogP contribution in [-0.4, -0.2) is 29.9 Å². The van der Waals surface area contributed by atoms with Crippen LogP contribution >= 0.6 is 11.6 Å². The van der Waals surface area contributed by atoms with E-state index < -0.39 is 5.91 Å². The van der Waals surface area contributed by atoms with Crippen molar-refractivity contribution in [2.24, 2.45) is 0 Å². The molecular formula is C20H18ClNO3. The molecule has 0 radical (unpaired) electrons. The van der Waals surface area contributed by atoms with E-state index in [0.717, 1.165) is 5.56 Å². The third kappa shape index (κ3) is 3.59. The van der Waals surface area contributed by atoms with Crippen LogP contribution in [0.1, 0.15) is 18.1 Å². The number of carbonyl (C=O) groups excluding carboxylic acids is 2. The quantitative estimate of drug-likeness (QED) is 0.743. The van der Waals surface area contributed by atoms with Crippen molar-refractivity contribution in [1.29, 1.82) is 0 Å². The Balaban J connectivity index is 1.77. The lowest BCUT2D eigenvalue weighted by Gasteiger charge is -2.14. The molecule has 1 aliphatic heterocycles. The monoisotopic (exact) mass is 355 g/mol. The van der Waals surface area contributed by atoms with Gasteiger partial charge in [-0.2, -0.15) is 0 Å². The largest absolute Gasteiger partial charge is 0.494 e. The molecule has 0 saturated heterocycles. The molecule has 2 amide bonds. The Morgan fingerprint density at radius 2 is 1.64 bits per heavy atom. The molecule has 3 rings (SSSR count). The zero-order chi connectivity index (χ0) is 17.8. The molecule has 0 bridgehead atoms. The topological polar surface area (TPSA) is 46.6 Å². The fourth-order valence-corrected chi connectivity index (χ4v) is 3.06. The first-order chi connectivity index (χ1) is 12.1. The summed E-state index contributed by atoms with van der Waals surface area (Å²) < 4.78 is 5.40. The standard InChI is InChI=1S/C20H18ClNO3/c1-2-25-16-10-8-15(9-11-16)17-18(21)20(24)22(19(17)23)13-12-14-6-4-3-5-7-14/h3-11H,2,12-13H2,1H3. The van der Waals surface area contributed by atoms with Crippen LogP contribution in [0.15, 0.2) is 59.6 Å². The predicted molar refractivity (Wildman–Crippen MR) is 97.3 cm³/mol. The summed E-state index contributed by atoms with van der Waals surface area (Å²) in [4.78, 5) is 26.3. The molecule has 0 aliphatic carbocycles. The van der Waals surface area contributed by atoms with Gasteiger partial charge in [0, 0.05) is 6.54 Å². The molecular weight excluding hydrogens is 338 g/mol. The first-order valence-electron chi connectivity index (χ1n) is 8.15. The Labute approximate surface area is 151 Å².